The van der Waals surface area contributed by atoms with Gasteiger partial charge in [-0.25, -0.2) is 12.7 Å². The van der Waals surface area contributed by atoms with E-state index in [-0.39, 0.29) is 35.1 Å². The summed E-state index contributed by atoms with van der Waals surface area (Å²) in [6.07, 6.45) is 4.36. The van der Waals surface area contributed by atoms with Crippen LogP contribution in [-0.4, -0.2) is 57.7 Å². The summed E-state index contributed by atoms with van der Waals surface area (Å²) in [5.41, 5.74) is 1.54. The maximum Gasteiger partial charge on any atom is 0.213 e. The highest BCUT2D eigenvalue weighted by molar-refractivity contribution is 14.0. The molecule has 0 amide bonds. The molecule has 2 rings (SSSR count). The second-order valence-electron chi connectivity index (χ2n) is 7.20. The van der Waals surface area contributed by atoms with Gasteiger partial charge in [0.25, 0.3) is 0 Å². The molecule has 1 fully saturated rings. The standard InChI is InChI=1S/C20H34N4O2S.HI/c1-4-21-19(22-15-10-16-24(3)27(25,26)5-2)23-17-20(13-9-14-20)18-11-7-6-8-12-18;/h6-8,11-12H,4-5,9-10,13-17H2,1-3H3,(H2,21,22,23);1H. The molecule has 0 unspecified atom stereocenters. The van der Waals surface area contributed by atoms with Gasteiger partial charge in [-0.2, -0.15) is 0 Å². The molecule has 0 bridgehead atoms. The van der Waals surface area contributed by atoms with Gasteiger partial charge < -0.3 is 10.6 Å². The monoisotopic (exact) mass is 522 g/mol. The highest BCUT2D eigenvalue weighted by Gasteiger charge is 2.38. The fourth-order valence-corrected chi connectivity index (χ4v) is 4.22. The Labute approximate surface area is 187 Å². The van der Waals surface area contributed by atoms with E-state index in [1.54, 1.807) is 14.0 Å². The molecule has 0 saturated heterocycles. The SMILES string of the molecule is CCNC(=NCC1(c2ccccc2)CCC1)NCCCN(C)S(=O)(=O)CC.I. The predicted octanol–water partition coefficient (Wildman–Crippen LogP) is 2.95. The Hall–Kier alpha value is -0.870. The summed E-state index contributed by atoms with van der Waals surface area (Å²) in [5.74, 6) is 0.948. The molecule has 0 heterocycles. The van der Waals surface area contributed by atoms with Crippen molar-refractivity contribution in [3.63, 3.8) is 0 Å². The van der Waals surface area contributed by atoms with Crippen molar-refractivity contribution in [1.29, 1.82) is 0 Å². The third-order valence-electron chi connectivity index (χ3n) is 5.36. The molecule has 1 aliphatic rings. The number of rotatable bonds is 10. The van der Waals surface area contributed by atoms with Crippen LogP contribution in [0.1, 0.15) is 45.1 Å². The molecule has 0 radical (unpaired) electrons. The van der Waals surface area contributed by atoms with Crippen molar-refractivity contribution >= 4 is 40.0 Å². The summed E-state index contributed by atoms with van der Waals surface area (Å²) in [4.78, 5) is 4.83. The van der Waals surface area contributed by atoms with Gasteiger partial charge in [-0.05, 0) is 38.7 Å². The Bertz CT molecular complexity index is 706. The molecular formula is C20H35IN4O2S. The fourth-order valence-electron chi connectivity index (χ4n) is 3.37. The van der Waals surface area contributed by atoms with E-state index in [9.17, 15) is 8.42 Å². The number of nitrogens with zero attached hydrogens (tertiary/aromatic N) is 2. The molecular weight excluding hydrogens is 487 g/mol. The lowest BCUT2D eigenvalue weighted by molar-refractivity contribution is 0.253. The van der Waals surface area contributed by atoms with Gasteiger partial charge in [-0.1, -0.05) is 36.8 Å². The smallest absolute Gasteiger partial charge is 0.213 e. The molecule has 160 valence electrons. The third-order valence-corrected chi connectivity index (χ3v) is 7.22. The summed E-state index contributed by atoms with van der Waals surface area (Å²) >= 11 is 0. The van der Waals surface area contributed by atoms with E-state index in [1.807, 2.05) is 0 Å². The first kappa shape index (κ1) is 25.2. The van der Waals surface area contributed by atoms with Crippen molar-refractivity contribution in [1.82, 2.24) is 14.9 Å². The molecule has 0 spiro atoms. The Kier molecular flexibility index (Phi) is 10.8. The lowest BCUT2D eigenvalue weighted by atomic mass is 9.64. The van der Waals surface area contributed by atoms with E-state index in [2.05, 4.69) is 47.9 Å². The van der Waals surface area contributed by atoms with Gasteiger partial charge in [0.05, 0.1) is 12.3 Å². The first-order chi connectivity index (χ1) is 12.9. The van der Waals surface area contributed by atoms with Crippen molar-refractivity contribution in [2.24, 2.45) is 4.99 Å². The van der Waals surface area contributed by atoms with Crippen LogP contribution < -0.4 is 10.6 Å². The van der Waals surface area contributed by atoms with Crippen LogP contribution in [0.3, 0.4) is 0 Å². The molecule has 1 aromatic rings. The summed E-state index contributed by atoms with van der Waals surface area (Å²) in [6, 6.07) is 10.7. The zero-order valence-corrected chi connectivity index (χ0v) is 20.4. The molecule has 6 nitrogen and oxygen atoms in total. The lowest BCUT2D eigenvalue weighted by Crippen LogP contribution is -2.42. The van der Waals surface area contributed by atoms with E-state index < -0.39 is 10.0 Å². The topological polar surface area (TPSA) is 73.8 Å². The van der Waals surface area contributed by atoms with Gasteiger partial charge in [0.2, 0.25) is 10.0 Å². The molecule has 0 aliphatic heterocycles. The normalized spacial score (nSPS) is 16.2. The minimum absolute atomic E-state index is 0. The highest BCUT2D eigenvalue weighted by Crippen LogP contribution is 2.43. The number of guanidine groups is 1. The quantitative estimate of drug-likeness (QED) is 0.215. The number of benzene rings is 1. The van der Waals surface area contributed by atoms with E-state index in [1.165, 1.54) is 29.1 Å². The number of aliphatic imine (C=N–C) groups is 1. The molecule has 0 atom stereocenters. The van der Waals surface area contributed by atoms with Crippen LogP contribution >= 0.6 is 24.0 Å². The number of hydrogen-bond donors (Lipinski definition) is 2. The Morgan fingerprint density at radius 2 is 1.86 bits per heavy atom. The van der Waals surface area contributed by atoms with Crippen LogP contribution in [0.15, 0.2) is 35.3 Å². The zero-order valence-electron chi connectivity index (χ0n) is 17.3. The lowest BCUT2D eigenvalue weighted by Gasteiger charge is -2.41. The van der Waals surface area contributed by atoms with Gasteiger partial charge in [0, 0.05) is 32.1 Å². The molecule has 1 aliphatic carbocycles. The first-order valence-corrected chi connectivity index (χ1v) is 11.6. The van der Waals surface area contributed by atoms with Crippen molar-refractivity contribution in [3.8, 4) is 0 Å². The van der Waals surface area contributed by atoms with Crippen LogP contribution in [0, 0.1) is 0 Å². The molecule has 2 N–H and O–H groups in total. The zero-order chi connectivity index (χ0) is 19.8. The maximum absolute atomic E-state index is 11.8. The minimum atomic E-state index is -3.11. The maximum atomic E-state index is 11.8. The predicted molar refractivity (Wildman–Crippen MR) is 128 cm³/mol. The molecule has 1 saturated carbocycles. The average molecular weight is 522 g/mol. The Balaban J connectivity index is 0.00000392. The molecule has 0 aromatic heterocycles. The van der Waals surface area contributed by atoms with Crippen LogP contribution in [0.5, 0.6) is 0 Å². The van der Waals surface area contributed by atoms with Crippen molar-refractivity contribution in [3.05, 3.63) is 35.9 Å². The third kappa shape index (κ3) is 6.88. The molecule has 28 heavy (non-hydrogen) atoms. The van der Waals surface area contributed by atoms with Crippen molar-refractivity contribution in [2.45, 2.75) is 44.9 Å². The number of hydrogen-bond acceptors (Lipinski definition) is 3. The van der Waals surface area contributed by atoms with E-state index in [4.69, 9.17) is 4.99 Å². The van der Waals surface area contributed by atoms with Gasteiger partial charge in [-0.3, -0.25) is 4.99 Å². The Morgan fingerprint density at radius 1 is 1.18 bits per heavy atom. The number of sulfonamides is 1. The molecule has 8 heteroatoms. The number of nitrogens with one attached hydrogen (secondary N) is 2. The Morgan fingerprint density at radius 3 is 2.39 bits per heavy atom. The van der Waals surface area contributed by atoms with Crippen LogP contribution in [0.25, 0.3) is 0 Å². The van der Waals surface area contributed by atoms with E-state index in [0.717, 1.165) is 25.5 Å². The largest absolute Gasteiger partial charge is 0.357 e. The summed E-state index contributed by atoms with van der Waals surface area (Å²) in [5, 5.41) is 6.63. The van der Waals surface area contributed by atoms with Gasteiger partial charge in [0.15, 0.2) is 5.96 Å². The summed E-state index contributed by atoms with van der Waals surface area (Å²) in [6.45, 7) is 6.49. The summed E-state index contributed by atoms with van der Waals surface area (Å²) < 4.78 is 25.0. The minimum Gasteiger partial charge on any atom is -0.357 e. The van der Waals surface area contributed by atoms with Crippen molar-refractivity contribution in [2.75, 3.05) is 39.0 Å². The van der Waals surface area contributed by atoms with Gasteiger partial charge in [0.1, 0.15) is 0 Å². The van der Waals surface area contributed by atoms with Gasteiger partial charge in [-0.15, -0.1) is 24.0 Å². The fraction of sp³-hybridized carbons (Fsp3) is 0.650. The molecule has 1 aromatic carbocycles. The highest BCUT2D eigenvalue weighted by atomic mass is 127. The van der Waals surface area contributed by atoms with E-state index >= 15 is 0 Å². The van der Waals surface area contributed by atoms with E-state index in [0.29, 0.717) is 13.1 Å². The number of halogens is 1. The van der Waals surface area contributed by atoms with Crippen LogP contribution in [0.2, 0.25) is 0 Å². The second kappa shape index (κ2) is 12.0. The van der Waals surface area contributed by atoms with Gasteiger partial charge >= 0.3 is 0 Å². The van der Waals surface area contributed by atoms with Crippen LogP contribution in [-0.2, 0) is 15.4 Å². The average Bonchev–Trinajstić information content (AvgIpc) is 2.64. The summed E-state index contributed by atoms with van der Waals surface area (Å²) in [7, 11) is -1.47. The van der Waals surface area contributed by atoms with Crippen molar-refractivity contribution < 1.29 is 8.42 Å². The second-order valence-corrected chi connectivity index (χ2v) is 9.56. The van der Waals surface area contributed by atoms with Crippen LogP contribution in [0.4, 0.5) is 0 Å². The first-order valence-electron chi connectivity index (χ1n) is 9.95.